The fourth-order valence-corrected chi connectivity index (χ4v) is 3.64. The van der Waals surface area contributed by atoms with Crippen molar-refractivity contribution in [1.29, 1.82) is 0 Å². The molecule has 1 atom stereocenters. The standard InChI is InChI=1S/C22H24F2N6O/c23-16-4-1-3-14(9-16)6-8-26-21-18(22(31)27-13-17-5-2-7-25-17)10-19(24)20(30-21)15-11-28-29-12-15/h1,3-4,9-12,17,25H,2,5-8,13H2,(H,26,30)(H,27,31)(H,28,29)/t17-/m1/s1. The fraction of sp³-hybridized carbons (Fsp3) is 0.318. The van der Waals surface area contributed by atoms with Gasteiger partial charge >= 0.3 is 0 Å². The van der Waals surface area contributed by atoms with Gasteiger partial charge in [0.15, 0.2) is 5.82 Å². The Labute approximate surface area is 178 Å². The molecule has 0 spiro atoms. The molecule has 0 aliphatic carbocycles. The van der Waals surface area contributed by atoms with Crippen LogP contribution in [0.4, 0.5) is 14.6 Å². The summed E-state index contributed by atoms with van der Waals surface area (Å²) in [6.45, 7) is 1.80. The Morgan fingerprint density at radius 3 is 2.90 bits per heavy atom. The van der Waals surface area contributed by atoms with E-state index in [9.17, 15) is 13.6 Å². The van der Waals surface area contributed by atoms with Crippen molar-refractivity contribution in [3.05, 3.63) is 65.5 Å². The van der Waals surface area contributed by atoms with Gasteiger partial charge in [-0.1, -0.05) is 12.1 Å². The molecule has 1 aliphatic rings. The van der Waals surface area contributed by atoms with Gasteiger partial charge in [-0.05, 0) is 49.6 Å². The van der Waals surface area contributed by atoms with Crippen LogP contribution in [0.25, 0.3) is 11.3 Å². The van der Waals surface area contributed by atoms with E-state index in [4.69, 9.17) is 0 Å². The van der Waals surface area contributed by atoms with Crippen molar-refractivity contribution in [1.82, 2.24) is 25.8 Å². The summed E-state index contributed by atoms with van der Waals surface area (Å²) in [6, 6.07) is 7.72. The Balaban J connectivity index is 1.53. The summed E-state index contributed by atoms with van der Waals surface area (Å²) in [5.41, 5.74) is 1.51. The van der Waals surface area contributed by atoms with E-state index in [0.717, 1.165) is 24.9 Å². The van der Waals surface area contributed by atoms with E-state index < -0.39 is 11.7 Å². The van der Waals surface area contributed by atoms with Gasteiger partial charge in [0.05, 0.1) is 11.8 Å². The van der Waals surface area contributed by atoms with Gasteiger partial charge in [0.1, 0.15) is 17.3 Å². The molecule has 4 rings (SSSR count). The first-order valence-electron chi connectivity index (χ1n) is 10.3. The Morgan fingerprint density at radius 1 is 1.26 bits per heavy atom. The van der Waals surface area contributed by atoms with Crippen LogP contribution in [-0.2, 0) is 6.42 Å². The SMILES string of the molecule is O=C(NC[C@H]1CCCN1)c1cc(F)c(-c2cn[nH]c2)nc1NCCc1cccc(F)c1. The maximum atomic E-state index is 14.8. The molecule has 0 bridgehead atoms. The summed E-state index contributed by atoms with van der Waals surface area (Å²) in [6.07, 6.45) is 5.58. The lowest BCUT2D eigenvalue weighted by atomic mass is 10.1. The molecule has 3 aromatic rings. The zero-order valence-electron chi connectivity index (χ0n) is 16.9. The molecule has 7 nitrogen and oxygen atoms in total. The van der Waals surface area contributed by atoms with Crippen molar-refractivity contribution in [2.24, 2.45) is 0 Å². The molecule has 162 valence electrons. The largest absolute Gasteiger partial charge is 0.369 e. The number of halogens is 2. The summed E-state index contributed by atoms with van der Waals surface area (Å²) in [5.74, 6) is -1.04. The van der Waals surface area contributed by atoms with Crippen LogP contribution in [0.15, 0.2) is 42.7 Å². The molecular weight excluding hydrogens is 402 g/mol. The Morgan fingerprint density at radius 2 is 2.16 bits per heavy atom. The maximum Gasteiger partial charge on any atom is 0.255 e. The van der Waals surface area contributed by atoms with Gasteiger partial charge in [-0.3, -0.25) is 9.89 Å². The van der Waals surface area contributed by atoms with Crippen molar-refractivity contribution in [3.63, 3.8) is 0 Å². The van der Waals surface area contributed by atoms with Crippen LogP contribution in [-0.4, -0.2) is 46.8 Å². The number of nitrogens with one attached hydrogen (secondary N) is 4. The normalized spacial score (nSPS) is 15.7. The maximum absolute atomic E-state index is 14.8. The zero-order chi connectivity index (χ0) is 21.6. The third-order valence-electron chi connectivity index (χ3n) is 5.26. The molecule has 1 aromatic carbocycles. The Bertz CT molecular complexity index is 1030. The fourth-order valence-electron chi connectivity index (χ4n) is 3.64. The highest BCUT2D eigenvalue weighted by atomic mass is 19.1. The minimum absolute atomic E-state index is 0.0935. The number of aromatic nitrogens is 3. The van der Waals surface area contributed by atoms with Gasteiger partial charge in [0.2, 0.25) is 0 Å². The number of rotatable bonds is 8. The minimum Gasteiger partial charge on any atom is -0.369 e. The molecule has 4 N–H and O–H groups in total. The number of anilines is 1. The second-order valence-electron chi connectivity index (χ2n) is 7.51. The summed E-state index contributed by atoms with van der Waals surface area (Å²) in [5, 5.41) is 15.8. The summed E-state index contributed by atoms with van der Waals surface area (Å²) >= 11 is 0. The lowest BCUT2D eigenvalue weighted by molar-refractivity contribution is 0.0950. The average Bonchev–Trinajstić information content (AvgIpc) is 3.47. The van der Waals surface area contributed by atoms with E-state index in [1.165, 1.54) is 30.6 Å². The number of pyridine rings is 1. The monoisotopic (exact) mass is 426 g/mol. The first kappa shape index (κ1) is 20.9. The van der Waals surface area contributed by atoms with Crippen LogP contribution < -0.4 is 16.0 Å². The number of aromatic amines is 1. The minimum atomic E-state index is -0.610. The van der Waals surface area contributed by atoms with E-state index in [0.29, 0.717) is 25.1 Å². The highest BCUT2D eigenvalue weighted by Crippen LogP contribution is 2.25. The van der Waals surface area contributed by atoms with Gasteiger partial charge in [0, 0.05) is 30.9 Å². The topological polar surface area (TPSA) is 94.7 Å². The van der Waals surface area contributed by atoms with Crippen LogP contribution in [0.5, 0.6) is 0 Å². The second kappa shape index (κ2) is 9.65. The van der Waals surface area contributed by atoms with Crippen molar-refractivity contribution in [2.45, 2.75) is 25.3 Å². The quantitative estimate of drug-likeness (QED) is 0.444. The van der Waals surface area contributed by atoms with Crippen molar-refractivity contribution in [2.75, 3.05) is 25.0 Å². The molecule has 2 aromatic heterocycles. The molecule has 0 saturated carbocycles. The highest BCUT2D eigenvalue weighted by Gasteiger charge is 2.21. The molecule has 31 heavy (non-hydrogen) atoms. The van der Waals surface area contributed by atoms with E-state index >= 15 is 0 Å². The lowest BCUT2D eigenvalue weighted by Gasteiger charge is -2.15. The smallest absolute Gasteiger partial charge is 0.255 e. The van der Waals surface area contributed by atoms with Crippen LogP contribution in [0.3, 0.4) is 0 Å². The Hall–Kier alpha value is -3.33. The molecule has 9 heteroatoms. The predicted octanol–water partition coefficient (Wildman–Crippen LogP) is 2.89. The number of hydrogen-bond donors (Lipinski definition) is 4. The molecule has 1 saturated heterocycles. The number of carbonyl (C=O) groups excluding carboxylic acids is 1. The average molecular weight is 426 g/mol. The summed E-state index contributed by atoms with van der Waals surface area (Å²) in [7, 11) is 0. The first-order chi connectivity index (χ1) is 15.1. The molecule has 1 amide bonds. The van der Waals surface area contributed by atoms with Crippen LogP contribution in [0.1, 0.15) is 28.8 Å². The zero-order valence-corrected chi connectivity index (χ0v) is 16.9. The second-order valence-corrected chi connectivity index (χ2v) is 7.51. The van der Waals surface area contributed by atoms with Crippen molar-refractivity contribution in [3.8, 4) is 11.3 Å². The lowest BCUT2D eigenvalue weighted by Crippen LogP contribution is -2.37. The predicted molar refractivity (Wildman–Crippen MR) is 114 cm³/mol. The highest BCUT2D eigenvalue weighted by molar-refractivity contribution is 5.99. The first-order valence-corrected chi connectivity index (χ1v) is 10.3. The van der Waals surface area contributed by atoms with Crippen LogP contribution >= 0.6 is 0 Å². The van der Waals surface area contributed by atoms with Gasteiger partial charge in [-0.25, -0.2) is 13.8 Å². The molecule has 0 unspecified atom stereocenters. The summed E-state index contributed by atoms with van der Waals surface area (Å²) in [4.78, 5) is 17.2. The van der Waals surface area contributed by atoms with Gasteiger partial charge in [0.25, 0.3) is 5.91 Å². The third kappa shape index (κ3) is 5.24. The number of nitrogens with zero attached hydrogens (tertiary/aromatic N) is 2. The number of amides is 1. The number of benzene rings is 1. The molecule has 3 heterocycles. The van der Waals surface area contributed by atoms with Crippen molar-refractivity contribution >= 4 is 11.7 Å². The molecule has 1 fully saturated rings. The summed E-state index contributed by atoms with van der Waals surface area (Å²) < 4.78 is 28.2. The molecular formula is C22H24F2N6O. The molecule has 1 aliphatic heterocycles. The van der Waals surface area contributed by atoms with E-state index in [1.54, 1.807) is 6.07 Å². The van der Waals surface area contributed by atoms with Crippen molar-refractivity contribution < 1.29 is 13.6 Å². The van der Waals surface area contributed by atoms with Gasteiger partial charge in [-0.15, -0.1) is 0 Å². The van der Waals surface area contributed by atoms with Crippen LogP contribution in [0.2, 0.25) is 0 Å². The van der Waals surface area contributed by atoms with E-state index in [-0.39, 0.29) is 28.9 Å². The molecule has 0 radical (unpaired) electrons. The van der Waals surface area contributed by atoms with Crippen LogP contribution in [0, 0.1) is 11.6 Å². The van der Waals surface area contributed by atoms with Gasteiger partial charge < -0.3 is 16.0 Å². The Kier molecular flexibility index (Phi) is 6.51. The number of hydrogen-bond acceptors (Lipinski definition) is 5. The third-order valence-corrected chi connectivity index (χ3v) is 5.26. The number of carbonyl (C=O) groups is 1. The van der Waals surface area contributed by atoms with Gasteiger partial charge in [-0.2, -0.15) is 5.10 Å². The van der Waals surface area contributed by atoms with E-state index in [2.05, 4.69) is 31.1 Å². The number of H-pyrrole nitrogens is 1. The van der Waals surface area contributed by atoms with E-state index in [1.807, 2.05) is 6.07 Å².